The topological polar surface area (TPSA) is 32.8 Å². The Morgan fingerprint density at radius 1 is 1.67 bits per heavy atom. The van der Waals surface area contributed by atoms with E-state index in [1.165, 1.54) is 0 Å². The van der Waals surface area contributed by atoms with Crippen molar-refractivity contribution in [2.75, 3.05) is 0 Å². The molecular formula is C10H16O2. The first-order valence-corrected chi connectivity index (χ1v) is 4.14. The number of rotatable bonds is 3. The van der Waals surface area contributed by atoms with Crippen LogP contribution in [0.3, 0.4) is 0 Å². The first-order chi connectivity index (χ1) is 5.47. The van der Waals surface area contributed by atoms with Gasteiger partial charge in [0.15, 0.2) is 0 Å². The molecule has 1 aliphatic heterocycles. The van der Waals surface area contributed by atoms with Crippen LogP contribution in [0.25, 0.3) is 0 Å². The minimum Gasteiger partial charge on any atom is -0.386 e. The molecule has 0 aliphatic carbocycles. The number of ether oxygens (including phenoxy) is 1. The molecule has 0 saturated carbocycles. The minimum absolute atomic E-state index is 0.0487. The van der Waals surface area contributed by atoms with Gasteiger partial charge in [0.25, 0.3) is 0 Å². The monoisotopic (exact) mass is 168 g/mol. The highest BCUT2D eigenvalue weighted by molar-refractivity contribution is 5.18. The van der Waals surface area contributed by atoms with Crippen LogP contribution >= 0.6 is 0 Å². The highest BCUT2D eigenvalue weighted by Gasteiger charge is 2.51. The minimum atomic E-state index is -0.502. The smallest absolute Gasteiger partial charge is 0.116 e. The van der Waals surface area contributed by atoms with Crippen LogP contribution in [0, 0.1) is 0 Å². The second-order valence-corrected chi connectivity index (χ2v) is 3.75. The lowest BCUT2D eigenvalue weighted by Gasteiger charge is -2.03. The lowest BCUT2D eigenvalue weighted by Crippen LogP contribution is -2.18. The largest absolute Gasteiger partial charge is 0.386 e. The van der Waals surface area contributed by atoms with Crippen LogP contribution in [0.4, 0.5) is 0 Å². The van der Waals surface area contributed by atoms with Crippen molar-refractivity contribution in [3.63, 3.8) is 0 Å². The van der Waals surface area contributed by atoms with Crippen molar-refractivity contribution in [3.05, 3.63) is 24.3 Å². The fourth-order valence-electron chi connectivity index (χ4n) is 1.20. The molecule has 68 valence electrons. The lowest BCUT2D eigenvalue weighted by molar-refractivity contribution is 0.176. The zero-order valence-electron chi connectivity index (χ0n) is 7.87. The van der Waals surface area contributed by atoms with E-state index in [1.54, 1.807) is 12.2 Å². The standard InChI is InChI=1S/C10H16O2/c1-5-7(2)6-8(11)9-10(3,4)12-9/h5-6,8-9,11H,1H2,2-4H3/b7-6-/t8-,9+/m0/s1. The van der Waals surface area contributed by atoms with E-state index in [2.05, 4.69) is 6.58 Å². The van der Waals surface area contributed by atoms with Gasteiger partial charge in [-0.25, -0.2) is 0 Å². The van der Waals surface area contributed by atoms with Crippen molar-refractivity contribution < 1.29 is 9.84 Å². The Labute approximate surface area is 73.5 Å². The predicted octanol–water partition coefficient (Wildman–Crippen LogP) is 1.66. The molecule has 0 bridgehead atoms. The van der Waals surface area contributed by atoms with E-state index in [1.807, 2.05) is 20.8 Å². The fourth-order valence-corrected chi connectivity index (χ4v) is 1.20. The summed E-state index contributed by atoms with van der Waals surface area (Å²) in [6, 6.07) is 0. The van der Waals surface area contributed by atoms with E-state index in [0.717, 1.165) is 5.57 Å². The first-order valence-electron chi connectivity index (χ1n) is 4.14. The molecule has 1 fully saturated rings. The Bertz CT molecular complexity index is 216. The Kier molecular flexibility index (Phi) is 2.40. The van der Waals surface area contributed by atoms with Gasteiger partial charge in [0, 0.05) is 0 Å². The summed E-state index contributed by atoms with van der Waals surface area (Å²) in [5, 5.41) is 9.58. The third-order valence-electron chi connectivity index (χ3n) is 2.12. The molecule has 1 saturated heterocycles. The molecule has 0 radical (unpaired) electrons. The van der Waals surface area contributed by atoms with Crippen molar-refractivity contribution in [1.82, 2.24) is 0 Å². The molecule has 1 N–H and O–H groups in total. The highest BCUT2D eigenvalue weighted by Crippen LogP contribution is 2.38. The molecule has 0 unspecified atom stereocenters. The summed E-state index contributed by atoms with van der Waals surface area (Å²) in [7, 11) is 0. The molecule has 0 spiro atoms. The van der Waals surface area contributed by atoms with Crippen molar-refractivity contribution in [1.29, 1.82) is 0 Å². The van der Waals surface area contributed by atoms with Crippen LogP contribution in [0.15, 0.2) is 24.3 Å². The van der Waals surface area contributed by atoms with Gasteiger partial charge in [0.2, 0.25) is 0 Å². The normalized spacial score (nSPS) is 29.7. The number of aliphatic hydroxyl groups is 1. The van der Waals surface area contributed by atoms with Crippen LogP contribution in [-0.2, 0) is 4.74 Å². The Hall–Kier alpha value is -0.600. The van der Waals surface area contributed by atoms with E-state index in [4.69, 9.17) is 4.74 Å². The molecule has 2 atom stereocenters. The molecular weight excluding hydrogens is 152 g/mol. The van der Waals surface area contributed by atoms with Gasteiger partial charge in [-0.2, -0.15) is 0 Å². The molecule has 1 aliphatic rings. The summed E-state index contributed by atoms with van der Waals surface area (Å²) in [6.07, 6.45) is 2.94. The van der Waals surface area contributed by atoms with Gasteiger partial charge in [-0.05, 0) is 20.8 Å². The van der Waals surface area contributed by atoms with Crippen LogP contribution < -0.4 is 0 Å². The summed E-state index contributed by atoms with van der Waals surface area (Å²) in [5.74, 6) is 0. The van der Waals surface area contributed by atoms with Gasteiger partial charge in [-0.1, -0.05) is 24.3 Å². The maximum absolute atomic E-state index is 9.58. The van der Waals surface area contributed by atoms with Crippen LogP contribution in [0.1, 0.15) is 20.8 Å². The third-order valence-corrected chi connectivity index (χ3v) is 2.12. The van der Waals surface area contributed by atoms with Crippen molar-refractivity contribution in [3.8, 4) is 0 Å². The zero-order valence-corrected chi connectivity index (χ0v) is 7.87. The first kappa shape index (κ1) is 9.49. The number of allylic oxidation sites excluding steroid dienone is 2. The summed E-state index contributed by atoms with van der Waals surface area (Å²) in [4.78, 5) is 0. The number of aliphatic hydroxyl groups excluding tert-OH is 1. The van der Waals surface area contributed by atoms with Crippen LogP contribution in [0.5, 0.6) is 0 Å². The predicted molar refractivity (Wildman–Crippen MR) is 48.9 cm³/mol. The number of hydrogen-bond acceptors (Lipinski definition) is 2. The summed E-state index contributed by atoms with van der Waals surface area (Å²) >= 11 is 0. The van der Waals surface area contributed by atoms with Gasteiger partial charge in [0.1, 0.15) is 12.2 Å². The Morgan fingerprint density at radius 2 is 2.17 bits per heavy atom. The van der Waals surface area contributed by atoms with Crippen molar-refractivity contribution >= 4 is 0 Å². The van der Waals surface area contributed by atoms with Crippen LogP contribution in [-0.4, -0.2) is 22.9 Å². The van der Waals surface area contributed by atoms with Gasteiger partial charge in [-0.3, -0.25) is 0 Å². The van der Waals surface area contributed by atoms with E-state index in [9.17, 15) is 5.11 Å². The summed E-state index contributed by atoms with van der Waals surface area (Å²) < 4.78 is 5.28. The maximum atomic E-state index is 9.58. The quantitative estimate of drug-likeness (QED) is 0.513. The van der Waals surface area contributed by atoms with E-state index >= 15 is 0 Å². The zero-order chi connectivity index (χ0) is 9.35. The second-order valence-electron chi connectivity index (χ2n) is 3.75. The summed E-state index contributed by atoms with van der Waals surface area (Å²) in [5.41, 5.74) is 0.825. The van der Waals surface area contributed by atoms with E-state index in [-0.39, 0.29) is 11.7 Å². The number of epoxide rings is 1. The highest BCUT2D eigenvalue weighted by atomic mass is 16.6. The average Bonchev–Trinajstić information content (AvgIpc) is 2.59. The molecule has 0 aromatic carbocycles. The SMILES string of the molecule is C=C/C(C)=C\[C@H](O)[C@H]1OC1(C)C. The Balaban J connectivity index is 2.51. The third kappa shape index (κ3) is 1.96. The Morgan fingerprint density at radius 3 is 2.50 bits per heavy atom. The molecule has 1 rings (SSSR count). The molecule has 2 nitrogen and oxygen atoms in total. The van der Waals surface area contributed by atoms with Crippen molar-refractivity contribution in [2.24, 2.45) is 0 Å². The lowest BCUT2D eigenvalue weighted by atomic mass is 10.0. The van der Waals surface area contributed by atoms with Crippen LogP contribution in [0.2, 0.25) is 0 Å². The molecule has 0 aromatic heterocycles. The maximum Gasteiger partial charge on any atom is 0.116 e. The van der Waals surface area contributed by atoms with Gasteiger partial charge >= 0.3 is 0 Å². The molecule has 0 amide bonds. The molecule has 0 aromatic rings. The number of hydrogen-bond donors (Lipinski definition) is 1. The van der Waals surface area contributed by atoms with E-state index in [0.29, 0.717) is 0 Å². The molecule has 1 heterocycles. The van der Waals surface area contributed by atoms with Gasteiger partial charge in [0.05, 0.1) is 5.60 Å². The van der Waals surface area contributed by atoms with E-state index < -0.39 is 6.10 Å². The molecule has 12 heavy (non-hydrogen) atoms. The fraction of sp³-hybridized carbons (Fsp3) is 0.600. The van der Waals surface area contributed by atoms with Gasteiger partial charge < -0.3 is 9.84 Å². The van der Waals surface area contributed by atoms with Crippen molar-refractivity contribution in [2.45, 2.75) is 38.6 Å². The second kappa shape index (κ2) is 3.04. The average molecular weight is 168 g/mol. The molecule has 2 heteroatoms. The summed E-state index contributed by atoms with van der Waals surface area (Å²) in [6.45, 7) is 9.46. The van der Waals surface area contributed by atoms with Gasteiger partial charge in [-0.15, -0.1) is 0 Å².